The van der Waals surface area contributed by atoms with Crippen LogP contribution >= 0.6 is 0 Å². The number of hydrogen-bond donors (Lipinski definition) is 2. The number of nitrogens with one attached hydrogen (secondary N) is 1. The van der Waals surface area contributed by atoms with Gasteiger partial charge in [-0.15, -0.1) is 0 Å². The molecule has 1 unspecified atom stereocenters. The number of amides is 1. The first kappa shape index (κ1) is 9.46. The molecule has 0 bridgehead atoms. The van der Waals surface area contributed by atoms with Gasteiger partial charge in [0.15, 0.2) is 0 Å². The van der Waals surface area contributed by atoms with Crippen LogP contribution in [0.3, 0.4) is 0 Å². The fourth-order valence-electron chi connectivity index (χ4n) is 2.22. The van der Waals surface area contributed by atoms with Crippen molar-refractivity contribution < 1.29 is 4.79 Å². The first-order valence-corrected chi connectivity index (χ1v) is 5.10. The first-order valence-electron chi connectivity index (χ1n) is 5.10. The van der Waals surface area contributed by atoms with Gasteiger partial charge in [0.1, 0.15) is 0 Å². The topological polar surface area (TPSA) is 55.1 Å². The van der Waals surface area contributed by atoms with Crippen LogP contribution in [-0.2, 0) is 4.79 Å². The minimum atomic E-state index is -0.0112. The maximum Gasteiger partial charge on any atom is 0.226 e. The normalized spacial score (nSPS) is 30.4. The van der Waals surface area contributed by atoms with E-state index >= 15 is 0 Å². The van der Waals surface area contributed by atoms with Crippen molar-refractivity contribution >= 4 is 5.91 Å². The Hall–Kier alpha value is -1.09. The number of rotatable bonds is 1. The Morgan fingerprint density at radius 3 is 3.14 bits per heavy atom. The van der Waals surface area contributed by atoms with Gasteiger partial charge in [0.05, 0.1) is 5.92 Å². The van der Waals surface area contributed by atoms with Gasteiger partial charge in [0, 0.05) is 13.1 Å². The zero-order chi connectivity index (χ0) is 10.1. The molecular weight excluding hydrogens is 176 g/mol. The highest BCUT2D eigenvalue weighted by atomic mass is 16.1. The summed E-state index contributed by atoms with van der Waals surface area (Å²) < 4.78 is 0. The fraction of sp³-hybridized carbons (Fsp3) is 0.545. The third-order valence-corrected chi connectivity index (χ3v) is 3.08. The lowest BCUT2D eigenvalue weighted by Crippen LogP contribution is -2.28. The predicted molar refractivity (Wildman–Crippen MR) is 55.5 cm³/mol. The molecule has 0 aromatic carbocycles. The Kier molecular flexibility index (Phi) is 2.42. The second kappa shape index (κ2) is 3.58. The summed E-state index contributed by atoms with van der Waals surface area (Å²) >= 11 is 0. The lowest BCUT2D eigenvalue weighted by atomic mass is 9.90. The van der Waals surface area contributed by atoms with Crippen molar-refractivity contribution in [2.75, 3.05) is 7.05 Å². The van der Waals surface area contributed by atoms with Gasteiger partial charge < -0.3 is 11.1 Å². The van der Waals surface area contributed by atoms with E-state index in [0.717, 1.165) is 19.3 Å². The molecule has 3 N–H and O–H groups in total. The largest absolute Gasteiger partial charge is 0.359 e. The Balaban J connectivity index is 2.19. The number of allylic oxidation sites excluding steroid dienone is 1. The van der Waals surface area contributed by atoms with Crippen molar-refractivity contribution in [2.45, 2.75) is 25.3 Å². The molecule has 14 heavy (non-hydrogen) atoms. The smallest absolute Gasteiger partial charge is 0.226 e. The zero-order valence-corrected chi connectivity index (χ0v) is 8.42. The Labute approximate surface area is 84.0 Å². The standard InChI is InChI=1S/C11H16N2O/c1-13-11(14)8-3-2-7-4-5-10(12)9(7)6-8/h2,6,8,10H,3-5,12H2,1H3,(H,13,14)/t8?,10-/m1/s1. The van der Waals surface area contributed by atoms with E-state index in [1.807, 2.05) is 6.08 Å². The minimum absolute atomic E-state index is 0.0112. The monoisotopic (exact) mass is 192 g/mol. The van der Waals surface area contributed by atoms with Crippen molar-refractivity contribution in [3.05, 3.63) is 23.3 Å². The lowest BCUT2D eigenvalue weighted by Gasteiger charge is -2.18. The van der Waals surface area contributed by atoms with E-state index in [2.05, 4.69) is 11.4 Å². The molecule has 1 saturated carbocycles. The molecule has 3 nitrogen and oxygen atoms in total. The summed E-state index contributed by atoms with van der Waals surface area (Å²) in [7, 11) is 1.68. The molecule has 1 fully saturated rings. The molecule has 2 aliphatic rings. The highest BCUT2D eigenvalue weighted by molar-refractivity contribution is 5.81. The summed E-state index contributed by atoms with van der Waals surface area (Å²) in [5.41, 5.74) is 8.51. The molecule has 0 spiro atoms. The van der Waals surface area contributed by atoms with Gasteiger partial charge in [0.25, 0.3) is 0 Å². The molecule has 2 rings (SSSR count). The van der Waals surface area contributed by atoms with Crippen LogP contribution in [0.25, 0.3) is 0 Å². The summed E-state index contributed by atoms with van der Waals surface area (Å²) in [5, 5.41) is 2.68. The van der Waals surface area contributed by atoms with Crippen molar-refractivity contribution in [1.29, 1.82) is 0 Å². The minimum Gasteiger partial charge on any atom is -0.359 e. The first-order chi connectivity index (χ1) is 6.72. The van der Waals surface area contributed by atoms with Crippen molar-refractivity contribution in [2.24, 2.45) is 11.7 Å². The predicted octanol–water partition coefficient (Wildman–Crippen LogP) is 0.726. The highest BCUT2D eigenvalue weighted by Gasteiger charge is 2.27. The van der Waals surface area contributed by atoms with Crippen LogP contribution in [0.4, 0.5) is 0 Å². The van der Waals surface area contributed by atoms with Crippen LogP contribution in [0.5, 0.6) is 0 Å². The molecule has 0 aromatic rings. The van der Waals surface area contributed by atoms with Gasteiger partial charge in [-0.2, -0.15) is 0 Å². The molecule has 76 valence electrons. The second-order valence-corrected chi connectivity index (χ2v) is 3.95. The number of nitrogens with two attached hydrogens (primary N) is 1. The van der Waals surface area contributed by atoms with Gasteiger partial charge in [0.2, 0.25) is 5.91 Å². The van der Waals surface area contributed by atoms with Crippen molar-refractivity contribution in [3.63, 3.8) is 0 Å². The number of hydrogen-bond acceptors (Lipinski definition) is 2. The van der Waals surface area contributed by atoms with E-state index in [4.69, 9.17) is 5.73 Å². The molecule has 0 heterocycles. The summed E-state index contributed by atoms with van der Waals surface area (Å²) in [4.78, 5) is 11.4. The fourth-order valence-corrected chi connectivity index (χ4v) is 2.22. The summed E-state index contributed by atoms with van der Waals surface area (Å²) in [6, 6.07) is 0.147. The van der Waals surface area contributed by atoms with Crippen LogP contribution in [0.2, 0.25) is 0 Å². The molecule has 3 heteroatoms. The van der Waals surface area contributed by atoms with Gasteiger partial charge in [-0.25, -0.2) is 0 Å². The molecule has 0 saturated heterocycles. The van der Waals surface area contributed by atoms with E-state index in [1.54, 1.807) is 7.05 Å². The Morgan fingerprint density at radius 1 is 1.64 bits per heavy atom. The van der Waals surface area contributed by atoms with E-state index in [1.165, 1.54) is 11.1 Å². The van der Waals surface area contributed by atoms with Crippen LogP contribution < -0.4 is 11.1 Å². The average Bonchev–Trinajstić information content (AvgIpc) is 2.59. The van der Waals surface area contributed by atoms with Crippen molar-refractivity contribution in [1.82, 2.24) is 5.32 Å². The lowest BCUT2D eigenvalue weighted by molar-refractivity contribution is -0.123. The molecule has 0 aliphatic heterocycles. The van der Waals surface area contributed by atoms with Gasteiger partial charge in [-0.1, -0.05) is 12.2 Å². The number of fused-ring (bicyclic) bond motifs is 1. The number of carbonyl (C=O) groups is 1. The van der Waals surface area contributed by atoms with Gasteiger partial charge in [-0.3, -0.25) is 4.79 Å². The van der Waals surface area contributed by atoms with Crippen LogP contribution in [-0.4, -0.2) is 19.0 Å². The van der Waals surface area contributed by atoms with E-state index in [-0.39, 0.29) is 17.9 Å². The zero-order valence-electron chi connectivity index (χ0n) is 8.42. The van der Waals surface area contributed by atoms with Crippen LogP contribution in [0, 0.1) is 5.92 Å². The summed E-state index contributed by atoms with van der Waals surface area (Å²) in [6.45, 7) is 0. The van der Waals surface area contributed by atoms with Crippen molar-refractivity contribution in [3.8, 4) is 0 Å². The molecule has 2 atom stereocenters. The maximum absolute atomic E-state index is 11.4. The average molecular weight is 192 g/mol. The van der Waals surface area contributed by atoms with Crippen LogP contribution in [0.15, 0.2) is 23.3 Å². The third kappa shape index (κ3) is 1.48. The second-order valence-electron chi connectivity index (χ2n) is 3.95. The highest BCUT2D eigenvalue weighted by Crippen LogP contribution is 2.35. The number of carbonyl (C=O) groups excluding carboxylic acids is 1. The Bertz CT molecular complexity index is 317. The SMILES string of the molecule is CNC(=O)C1C=C2C(=CC1)CC[C@H]2N. The molecule has 0 radical (unpaired) electrons. The van der Waals surface area contributed by atoms with Gasteiger partial charge >= 0.3 is 0 Å². The van der Waals surface area contributed by atoms with E-state index < -0.39 is 0 Å². The van der Waals surface area contributed by atoms with E-state index in [0.29, 0.717) is 0 Å². The van der Waals surface area contributed by atoms with Crippen LogP contribution in [0.1, 0.15) is 19.3 Å². The quantitative estimate of drug-likeness (QED) is 0.643. The molecule has 0 aromatic heterocycles. The van der Waals surface area contributed by atoms with Gasteiger partial charge in [-0.05, 0) is 30.4 Å². The summed E-state index contributed by atoms with van der Waals surface area (Å²) in [6.07, 6.45) is 7.14. The molecule has 2 aliphatic carbocycles. The molecule has 1 amide bonds. The maximum atomic E-state index is 11.4. The summed E-state index contributed by atoms with van der Waals surface area (Å²) in [5.74, 6) is 0.0785. The Morgan fingerprint density at radius 2 is 2.43 bits per heavy atom. The molecular formula is C11H16N2O. The third-order valence-electron chi connectivity index (χ3n) is 3.08. The van der Waals surface area contributed by atoms with E-state index in [9.17, 15) is 4.79 Å².